The van der Waals surface area contributed by atoms with Crippen LogP contribution in [-0.4, -0.2) is 6.10 Å². The Morgan fingerprint density at radius 3 is 3.09 bits per heavy atom. The van der Waals surface area contributed by atoms with Crippen molar-refractivity contribution in [1.29, 1.82) is 0 Å². The molecule has 1 aromatic carbocycles. The van der Waals surface area contributed by atoms with Gasteiger partial charge in [-0.1, -0.05) is 18.2 Å². The number of aryl methyl sites for hydroxylation is 1. The molecule has 1 nitrogen and oxygen atoms in total. The van der Waals surface area contributed by atoms with E-state index in [0.717, 1.165) is 18.6 Å². The Bertz CT molecular complexity index is 255. The van der Waals surface area contributed by atoms with Gasteiger partial charge in [0.15, 0.2) is 0 Å². The van der Waals surface area contributed by atoms with Gasteiger partial charge in [0, 0.05) is 0 Å². The van der Waals surface area contributed by atoms with Gasteiger partial charge in [-0.2, -0.15) is 0 Å². The van der Waals surface area contributed by atoms with Gasteiger partial charge in [-0.05, 0) is 31.4 Å². The van der Waals surface area contributed by atoms with E-state index in [0.29, 0.717) is 6.10 Å². The molecule has 0 spiro atoms. The van der Waals surface area contributed by atoms with Crippen molar-refractivity contribution in [3.63, 3.8) is 0 Å². The molecule has 58 valence electrons. The second-order valence-corrected chi connectivity index (χ2v) is 3.07. The van der Waals surface area contributed by atoms with Crippen LogP contribution in [0.15, 0.2) is 24.3 Å². The molecule has 1 heterocycles. The van der Waals surface area contributed by atoms with E-state index in [2.05, 4.69) is 19.1 Å². The first kappa shape index (κ1) is 6.71. The third-order valence-electron chi connectivity index (χ3n) is 2.12. The lowest BCUT2D eigenvalue weighted by molar-refractivity contribution is 0.192. The van der Waals surface area contributed by atoms with Crippen molar-refractivity contribution in [3.05, 3.63) is 29.8 Å². The zero-order valence-corrected chi connectivity index (χ0v) is 6.71. The molecule has 11 heavy (non-hydrogen) atoms. The highest BCUT2D eigenvalue weighted by Gasteiger charge is 2.13. The standard InChI is InChI=1S/C10H12O/c1-8-6-7-9-4-2-3-5-10(9)11-8/h2-5,8H,6-7H2,1H3. The van der Waals surface area contributed by atoms with Crippen LogP contribution in [0.3, 0.4) is 0 Å². The molecule has 1 aliphatic heterocycles. The molecule has 1 atom stereocenters. The molecule has 0 radical (unpaired) electrons. The first-order valence-corrected chi connectivity index (χ1v) is 4.11. The maximum absolute atomic E-state index is 5.63. The summed E-state index contributed by atoms with van der Waals surface area (Å²) in [5.74, 6) is 1.08. The average Bonchev–Trinajstić information content (AvgIpc) is 2.04. The third-order valence-corrected chi connectivity index (χ3v) is 2.12. The number of rotatable bonds is 0. The van der Waals surface area contributed by atoms with Crippen LogP contribution in [0.1, 0.15) is 18.9 Å². The number of para-hydroxylation sites is 1. The molecule has 2 rings (SSSR count). The van der Waals surface area contributed by atoms with E-state index in [1.165, 1.54) is 5.56 Å². The van der Waals surface area contributed by atoms with Gasteiger partial charge in [-0.3, -0.25) is 0 Å². The smallest absolute Gasteiger partial charge is 0.122 e. The molecule has 1 unspecified atom stereocenters. The van der Waals surface area contributed by atoms with Crippen molar-refractivity contribution in [3.8, 4) is 5.75 Å². The molecular formula is C10H12O. The summed E-state index contributed by atoms with van der Waals surface area (Å²) >= 11 is 0. The van der Waals surface area contributed by atoms with E-state index >= 15 is 0 Å². The Balaban J connectivity index is 2.34. The lowest BCUT2D eigenvalue weighted by Gasteiger charge is -2.22. The quantitative estimate of drug-likeness (QED) is 0.549. The number of hydrogen-bond acceptors (Lipinski definition) is 1. The Hall–Kier alpha value is -0.980. The van der Waals surface area contributed by atoms with Gasteiger partial charge in [0.05, 0.1) is 6.10 Å². The minimum absolute atomic E-state index is 0.393. The predicted octanol–water partition coefficient (Wildman–Crippen LogP) is 2.40. The fourth-order valence-corrected chi connectivity index (χ4v) is 1.46. The summed E-state index contributed by atoms with van der Waals surface area (Å²) in [5.41, 5.74) is 1.35. The molecule has 0 aliphatic carbocycles. The highest BCUT2D eigenvalue weighted by Crippen LogP contribution is 2.26. The minimum Gasteiger partial charge on any atom is -0.490 e. The van der Waals surface area contributed by atoms with Crippen LogP contribution in [0.4, 0.5) is 0 Å². The van der Waals surface area contributed by atoms with E-state index in [4.69, 9.17) is 4.74 Å². The summed E-state index contributed by atoms with van der Waals surface area (Å²) in [6.45, 7) is 2.12. The number of ether oxygens (including phenoxy) is 1. The van der Waals surface area contributed by atoms with Gasteiger partial charge in [0.2, 0.25) is 0 Å². The van der Waals surface area contributed by atoms with Crippen molar-refractivity contribution < 1.29 is 4.74 Å². The number of fused-ring (bicyclic) bond motifs is 1. The Morgan fingerprint density at radius 2 is 2.18 bits per heavy atom. The maximum Gasteiger partial charge on any atom is 0.122 e. The Labute approximate surface area is 67.0 Å². The van der Waals surface area contributed by atoms with Crippen molar-refractivity contribution in [2.24, 2.45) is 0 Å². The highest BCUT2D eigenvalue weighted by atomic mass is 16.5. The lowest BCUT2D eigenvalue weighted by atomic mass is 10.0. The second-order valence-electron chi connectivity index (χ2n) is 3.07. The van der Waals surface area contributed by atoms with Crippen LogP contribution < -0.4 is 4.74 Å². The van der Waals surface area contributed by atoms with Crippen LogP contribution >= 0.6 is 0 Å². The fourth-order valence-electron chi connectivity index (χ4n) is 1.46. The topological polar surface area (TPSA) is 9.23 Å². The largest absolute Gasteiger partial charge is 0.490 e. The molecule has 1 aliphatic rings. The monoisotopic (exact) mass is 148 g/mol. The predicted molar refractivity (Wildman–Crippen MR) is 44.9 cm³/mol. The van der Waals surface area contributed by atoms with Crippen molar-refractivity contribution in [1.82, 2.24) is 0 Å². The summed E-state index contributed by atoms with van der Waals surface area (Å²) < 4.78 is 5.63. The normalized spacial score (nSPS) is 22.1. The van der Waals surface area contributed by atoms with Gasteiger partial charge < -0.3 is 4.74 Å². The maximum atomic E-state index is 5.63. The molecule has 0 amide bonds. The SMILES string of the molecule is CC1CCc2ccccc2O1. The molecule has 0 bridgehead atoms. The van der Waals surface area contributed by atoms with E-state index in [1.807, 2.05) is 12.1 Å². The van der Waals surface area contributed by atoms with Gasteiger partial charge in [-0.15, -0.1) is 0 Å². The first-order chi connectivity index (χ1) is 5.36. The molecule has 0 aromatic heterocycles. The summed E-state index contributed by atoms with van der Waals surface area (Å²) in [6.07, 6.45) is 2.71. The molecular weight excluding hydrogens is 136 g/mol. The number of hydrogen-bond donors (Lipinski definition) is 0. The van der Waals surface area contributed by atoms with Crippen LogP contribution in [0.5, 0.6) is 5.75 Å². The zero-order chi connectivity index (χ0) is 7.68. The highest BCUT2D eigenvalue weighted by molar-refractivity contribution is 5.34. The molecule has 0 fully saturated rings. The minimum atomic E-state index is 0.393. The van der Waals surface area contributed by atoms with Crippen LogP contribution in [0.25, 0.3) is 0 Å². The first-order valence-electron chi connectivity index (χ1n) is 4.11. The zero-order valence-electron chi connectivity index (χ0n) is 6.71. The van der Waals surface area contributed by atoms with Gasteiger partial charge in [-0.25, -0.2) is 0 Å². The molecule has 1 heteroatoms. The Kier molecular flexibility index (Phi) is 1.57. The van der Waals surface area contributed by atoms with Crippen LogP contribution in [0.2, 0.25) is 0 Å². The van der Waals surface area contributed by atoms with E-state index in [-0.39, 0.29) is 0 Å². The molecule has 0 saturated heterocycles. The second kappa shape index (κ2) is 2.57. The van der Waals surface area contributed by atoms with Crippen LogP contribution in [0, 0.1) is 0 Å². The summed E-state index contributed by atoms with van der Waals surface area (Å²) in [6, 6.07) is 8.28. The van der Waals surface area contributed by atoms with Gasteiger partial charge >= 0.3 is 0 Å². The third kappa shape index (κ3) is 1.23. The average molecular weight is 148 g/mol. The van der Waals surface area contributed by atoms with Crippen LogP contribution in [-0.2, 0) is 6.42 Å². The molecule has 0 N–H and O–H groups in total. The van der Waals surface area contributed by atoms with E-state index in [9.17, 15) is 0 Å². The summed E-state index contributed by atoms with van der Waals surface area (Å²) in [5, 5.41) is 0. The van der Waals surface area contributed by atoms with Crippen molar-refractivity contribution in [2.45, 2.75) is 25.9 Å². The van der Waals surface area contributed by atoms with Crippen molar-refractivity contribution in [2.75, 3.05) is 0 Å². The van der Waals surface area contributed by atoms with Gasteiger partial charge in [0.25, 0.3) is 0 Å². The lowest BCUT2D eigenvalue weighted by Crippen LogP contribution is -2.18. The molecule has 0 saturated carbocycles. The molecule has 1 aromatic rings. The van der Waals surface area contributed by atoms with Crippen molar-refractivity contribution >= 4 is 0 Å². The van der Waals surface area contributed by atoms with E-state index < -0.39 is 0 Å². The van der Waals surface area contributed by atoms with Gasteiger partial charge in [0.1, 0.15) is 5.75 Å². The number of benzene rings is 1. The van der Waals surface area contributed by atoms with E-state index in [1.54, 1.807) is 0 Å². The summed E-state index contributed by atoms with van der Waals surface area (Å²) in [4.78, 5) is 0. The Morgan fingerprint density at radius 1 is 1.36 bits per heavy atom. The fraction of sp³-hybridized carbons (Fsp3) is 0.400. The summed E-state index contributed by atoms with van der Waals surface area (Å²) in [7, 11) is 0.